The van der Waals surface area contributed by atoms with Crippen LogP contribution in [-0.4, -0.2) is 9.61 Å². The molecule has 29 heavy (non-hydrogen) atoms. The van der Waals surface area contributed by atoms with Gasteiger partial charge in [-0.3, -0.25) is 0 Å². The number of aromatic nitrogens is 2. The van der Waals surface area contributed by atoms with E-state index in [9.17, 15) is 0 Å². The maximum Gasteiger partial charge on any atom is 0.0934 e. The molecule has 0 bridgehead atoms. The molecule has 6 rings (SSSR count). The van der Waals surface area contributed by atoms with Crippen LogP contribution in [0.4, 0.5) is 0 Å². The van der Waals surface area contributed by atoms with Crippen molar-refractivity contribution in [3.05, 3.63) is 109 Å². The Labute approximate surface area is 168 Å². The zero-order valence-corrected chi connectivity index (χ0v) is 15.8. The number of benzene rings is 4. The summed E-state index contributed by atoms with van der Waals surface area (Å²) in [6, 6.07) is 38.4. The van der Waals surface area contributed by atoms with Crippen LogP contribution in [0.2, 0.25) is 0 Å². The first-order valence-electron chi connectivity index (χ1n) is 9.83. The Morgan fingerprint density at radius 3 is 1.97 bits per heavy atom. The first kappa shape index (κ1) is 16.1. The van der Waals surface area contributed by atoms with Crippen LogP contribution in [-0.2, 0) is 0 Å². The molecule has 2 aromatic heterocycles. The fourth-order valence-corrected chi connectivity index (χ4v) is 4.18. The maximum atomic E-state index is 4.94. The van der Waals surface area contributed by atoms with E-state index in [1.54, 1.807) is 0 Å². The molecule has 0 spiro atoms. The van der Waals surface area contributed by atoms with Gasteiger partial charge in [0.2, 0.25) is 0 Å². The molecule has 2 heteroatoms. The van der Waals surface area contributed by atoms with E-state index in [2.05, 4.69) is 102 Å². The van der Waals surface area contributed by atoms with Crippen molar-refractivity contribution in [1.29, 1.82) is 0 Å². The Balaban J connectivity index is 1.63. The molecule has 0 aliphatic carbocycles. The van der Waals surface area contributed by atoms with E-state index in [4.69, 9.17) is 5.10 Å². The SMILES string of the molecule is c1ccc(-c2ccc(-c3cc4ccccc4c4c5ccccc5nn34)cc2)cc1. The van der Waals surface area contributed by atoms with Gasteiger partial charge in [-0.1, -0.05) is 97.1 Å². The van der Waals surface area contributed by atoms with Crippen molar-refractivity contribution >= 4 is 27.2 Å². The minimum absolute atomic E-state index is 1.02. The Bertz CT molecular complexity index is 1480. The summed E-state index contributed by atoms with van der Waals surface area (Å²) in [6.45, 7) is 0. The Morgan fingerprint density at radius 1 is 0.517 bits per heavy atom. The topological polar surface area (TPSA) is 17.3 Å². The van der Waals surface area contributed by atoms with E-state index in [0.29, 0.717) is 0 Å². The highest BCUT2D eigenvalue weighted by Gasteiger charge is 2.13. The van der Waals surface area contributed by atoms with E-state index in [-0.39, 0.29) is 0 Å². The molecular weight excluding hydrogens is 352 g/mol. The zero-order valence-electron chi connectivity index (χ0n) is 15.8. The molecule has 4 aromatic carbocycles. The van der Waals surface area contributed by atoms with Gasteiger partial charge in [-0.25, -0.2) is 4.52 Å². The van der Waals surface area contributed by atoms with Crippen LogP contribution in [0.15, 0.2) is 109 Å². The van der Waals surface area contributed by atoms with Gasteiger partial charge in [0.25, 0.3) is 0 Å². The van der Waals surface area contributed by atoms with Gasteiger partial charge < -0.3 is 0 Å². The van der Waals surface area contributed by atoms with Crippen LogP contribution >= 0.6 is 0 Å². The molecule has 6 aromatic rings. The average Bonchev–Trinajstić information content (AvgIpc) is 3.19. The molecule has 0 aliphatic heterocycles. The molecule has 0 amide bonds. The molecule has 2 heterocycles. The molecule has 0 aliphatic rings. The average molecular weight is 370 g/mol. The van der Waals surface area contributed by atoms with E-state index < -0.39 is 0 Å². The lowest BCUT2D eigenvalue weighted by Gasteiger charge is -2.10. The first-order valence-corrected chi connectivity index (χ1v) is 9.83. The number of hydrogen-bond acceptors (Lipinski definition) is 1. The predicted molar refractivity (Wildman–Crippen MR) is 121 cm³/mol. The minimum atomic E-state index is 1.02. The quantitative estimate of drug-likeness (QED) is 0.321. The second kappa shape index (κ2) is 6.32. The Morgan fingerprint density at radius 2 is 1.14 bits per heavy atom. The summed E-state index contributed by atoms with van der Waals surface area (Å²) in [6.07, 6.45) is 0. The number of hydrogen-bond donors (Lipinski definition) is 0. The Hall–Kier alpha value is -3.91. The maximum absolute atomic E-state index is 4.94. The van der Waals surface area contributed by atoms with Gasteiger partial charge in [0.1, 0.15) is 0 Å². The third-order valence-electron chi connectivity index (χ3n) is 5.60. The number of pyridine rings is 1. The summed E-state index contributed by atoms with van der Waals surface area (Å²) in [5.74, 6) is 0. The Kier molecular flexibility index (Phi) is 3.50. The molecule has 0 fully saturated rings. The van der Waals surface area contributed by atoms with Crippen molar-refractivity contribution in [2.24, 2.45) is 0 Å². The van der Waals surface area contributed by atoms with Crippen molar-refractivity contribution in [3.8, 4) is 22.4 Å². The van der Waals surface area contributed by atoms with Crippen LogP contribution in [0.5, 0.6) is 0 Å². The van der Waals surface area contributed by atoms with E-state index in [1.165, 1.54) is 32.8 Å². The molecule has 0 N–H and O–H groups in total. The second-order valence-corrected chi connectivity index (χ2v) is 7.34. The van der Waals surface area contributed by atoms with Gasteiger partial charge >= 0.3 is 0 Å². The van der Waals surface area contributed by atoms with Crippen molar-refractivity contribution in [1.82, 2.24) is 9.61 Å². The summed E-state index contributed by atoms with van der Waals surface area (Å²) in [4.78, 5) is 0. The second-order valence-electron chi connectivity index (χ2n) is 7.34. The summed E-state index contributed by atoms with van der Waals surface area (Å²) < 4.78 is 2.10. The minimum Gasteiger partial charge on any atom is -0.231 e. The fraction of sp³-hybridized carbons (Fsp3) is 0. The van der Waals surface area contributed by atoms with E-state index in [1.807, 2.05) is 12.1 Å². The van der Waals surface area contributed by atoms with Crippen molar-refractivity contribution < 1.29 is 0 Å². The van der Waals surface area contributed by atoms with Gasteiger partial charge in [0.05, 0.1) is 16.7 Å². The van der Waals surface area contributed by atoms with Gasteiger partial charge in [-0.15, -0.1) is 0 Å². The van der Waals surface area contributed by atoms with Crippen molar-refractivity contribution in [2.45, 2.75) is 0 Å². The van der Waals surface area contributed by atoms with E-state index in [0.717, 1.165) is 16.8 Å². The molecule has 0 atom stereocenters. The molecule has 0 saturated carbocycles. The van der Waals surface area contributed by atoms with Gasteiger partial charge in [0.15, 0.2) is 0 Å². The summed E-state index contributed by atoms with van der Waals surface area (Å²) in [5.41, 5.74) is 6.90. The highest BCUT2D eigenvalue weighted by molar-refractivity contribution is 6.10. The van der Waals surface area contributed by atoms with Gasteiger partial charge in [0, 0.05) is 16.3 Å². The van der Waals surface area contributed by atoms with Gasteiger partial charge in [-0.2, -0.15) is 5.10 Å². The summed E-state index contributed by atoms with van der Waals surface area (Å²) in [5, 5.41) is 8.58. The summed E-state index contributed by atoms with van der Waals surface area (Å²) in [7, 11) is 0. The smallest absolute Gasteiger partial charge is 0.0934 e. The first-order chi connectivity index (χ1) is 14.4. The van der Waals surface area contributed by atoms with E-state index >= 15 is 0 Å². The number of nitrogens with zero attached hydrogens (tertiary/aromatic N) is 2. The van der Waals surface area contributed by atoms with Crippen molar-refractivity contribution in [2.75, 3.05) is 0 Å². The number of rotatable bonds is 2. The van der Waals surface area contributed by atoms with Crippen LogP contribution < -0.4 is 0 Å². The number of fused-ring (bicyclic) bond motifs is 5. The molecule has 0 unspecified atom stereocenters. The molecule has 2 nitrogen and oxygen atoms in total. The largest absolute Gasteiger partial charge is 0.231 e. The normalized spacial score (nSPS) is 11.4. The van der Waals surface area contributed by atoms with Crippen LogP contribution in [0.3, 0.4) is 0 Å². The standard InChI is InChI=1S/C27H18N2/c1-2-8-19(9-3-1)20-14-16-21(17-15-20)26-18-22-10-4-5-11-23(22)27-24-12-6-7-13-25(24)28-29(26)27/h1-18H. The third kappa shape index (κ3) is 2.54. The van der Waals surface area contributed by atoms with Crippen LogP contribution in [0.1, 0.15) is 0 Å². The molecular formula is C27H18N2. The van der Waals surface area contributed by atoms with Gasteiger partial charge in [-0.05, 0) is 28.6 Å². The highest BCUT2D eigenvalue weighted by Crippen LogP contribution is 2.33. The zero-order chi connectivity index (χ0) is 19.2. The fourth-order valence-electron chi connectivity index (χ4n) is 4.18. The predicted octanol–water partition coefficient (Wildman–Crippen LogP) is 6.97. The summed E-state index contributed by atoms with van der Waals surface area (Å²) >= 11 is 0. The lowest BCUT2D eigenvalue weighted by atomic mass is 10.0. The lowest BCUT2D eigenvalue weighted by molar-refractivity contribution is 0.996. The lowest BCUT2D eigenvalue weighted by Crippen LogP contribution is -1.95. The highest BCUT2D eigenvalue weighted by atomic mass is 15.2. The van der Waals surface area contributed by atoms with Crippen LogP contribution in [0, 0.1) is 0 Å². The molecule has 136 valence electrons. The molecule has 0 radical (unpaired) electrons. The monoisotopic (exact) mass is 370 g/mol. The molecule has 0 saturated heterocycles. The van der Waals surface area contributed by atoms with Crippen molar-refractivity contribution in [3.63, 3.8) is 0 Å². The third-order valence-corrected chi connectivity index (χ3v) is 5.60. The van der Waals surface area contributed by atoms with Crippen LogP contribution in [0.25, 0.3) is 49.6 Å².